The van der Waals surface area contributed by atoms with Gasteiger partial charge in [-0.3, -0.25) is 4.79 Å². The van der Waals surface area contributed by atoms with Crippen LogP contribution >= 0.6 is 15.9 Å². The fourth-order valence-corrected chi connectivity index (χ4v) is 1.36. The summed E-state index contributed by atoms with van der Waals surface area (Å²) in [7, 11) is 0. The highest BCUT2D eigenvalue weighted by Gasteiger charge is 2.11. The smallest absolute Gasteiger partial charge is 0.173 e. The third-order valence-electron chi connectivity index (χ3n) is 1.83. The zero-order valence-electron chi connectivity index (χ0n) is 7.10. The molecule has 0 aliphatic carbocycles. The van der Waals surface area contributed by atoms with Gasteiger partial charge < -0.3 is 5.73 Å². The van der Waals surface area contributed by atoms with E-state index in [-0.39, 0.29) is 11.1 Å². The van der Waals surface area contributed by atoms with E-state index in [0.717, 1.165) is 0 Å². The van der Waals surface area contributed by atoms with E-state index in [2.05, 4.69) is 15.9 Å². The summed E-state index contributed by atoms with van der Waals surface area (Å²) in [5.74, 6) is -0.642. The van der Waals surface area contributed by atoms with Crippen molar-refractivity contribution in [2.45, 2.75) is 6.92 Å². The van der Waals surface area contributed by atoms with Crippen molar-refractivity contribution in [1.29, 1.82) is 0 Å². The van der Waals surface area contributed by atoms with Crippen LogP contribution < -0.4 is 5.73 Å². The van der Waals surface area contributed by atoms with Gasteiger partial charge >= 0.3 is 0 Å². The van der Waals surface area contributed by atoms with E-state index in [9.17, 15) is 9.18 Å². The highest BCUT2D eigenvalue weighted by molar-refractivity contribution is 9.09. The first kappa shape index (κ1) is 10.2. The Morgan fingerprint density at radius 3 is 2.77 bits per heavy atom. The Kier molecular flexibility index (Phi) is 3.03. The van der Waals surface area contributed by atoms with E-state index < -0.39 is 5.82 Å². The number of ketones is 1. The summed E-state index contributed by atoms with van der Waals surface area (Å²) >= 11 is 3.02. The minimum Gasteiger partial charge on any atom is -0.398 e. The number of hydrogen-bond acceptors (Lipinski definition) is 2. The number of Topliss-reactive ketones (excluding diaryl/α,β-unsaturated/α-hetero) is 1. The third-order valence-corrected chi connectivity index (χ3v) is 2.34. The number of halogens is 2. The van der Waals surface area contributed by atoms with Crippen molar-refractivity contribution in [2.75, 3.05) is 11.1 Å². The van der Waals surface area contributed by atoms with Gasteiger partial charge in [0.15, 0.2) is 5.78 Å². The molecule has 0 aromatic heterocycles. The molecule has 0 amide bonds. The number of rotatable bonds is 2. The monoisotopic (exact) mass is 245 g/mol. The highest BCUT2D eigenvalue weighted by atomic mass is 79.9. The summed E-state index contributed by atoms with van der Waals surface area (Å²) in [6.45, 7) is 1.70. The summed E-state index contributed by atoms with van der Waals surface area (Å²) in [5.41, 5.74) is 6.79. The zero-order valence-corrected chi connectivity index (χ0v) is 8.69. The van der Waals surface area contributed by atoms with Crippen LogP contribution in [0, 0.1) is 12.7 Å². The van der Waals surface area contributed by atoms with Crippen LogP contribution in [0.2, 0.25) is 0 Å². The minimum atomic E-state index is -0.479. The Morgan fingerprint density at radius 2 is 2.23 bits per heavy atom. The van der Waals surface area contributed by atoms with Gasteiger partial charge in [-0.2, -0.15) is 0 Å². The van der Waals surface area contributed by atoms with Crippen molar-refractivity contribution in [2.24, 2.45) is 0 Å². The van der Waals surface area contributed by atoms with Crippen LogP contribution in [0.15, 0.2) is 12.1 Å². The van der Waals surface area contributed by atoms with Crippen LogP contribution in [0.3, 0.4) is 0 Å². The molecule has 0 aliphatic rings. The Bertz CT molecular complexity index is 352. The second-order valence-electron chi connectivity index (χ2n) is 2.72. The molecule has 2 N–H and O–H groups in total. The van der Waals surface area contributed by atoms with Crippen LogP contribution in [-0.4, -0.2) is 11.1 Å². The van der Waals surface area contributed by atoms with Crippen molar-refractivity contribution in [3.05, 3.63) is 29.1 Å². The molecule has 0 saturated heterocycles. The molecule has 13 heavy (non-hydrogen) atoms. The first-order valence-electron chi connectivity index (χ1n) is 3.71. The maximum Gasteiger partial charge on any atom is 0.173 e. The number of hydrogen-bond donors (Lipinski definition) is 1. The SMILES string of the molecule is Cc1c(N)cc(F)cc1C(=O)CBr. The summed E-state index contributed by atoms with van der Waals surface area (Å²) < 4.78 is 12.9. The molecule has 1 aromatic rings. The second kappa shape index (κ2) is 3.87. The molecular weight excluding hydrogens is 237 g/mol. The summed E-state index contributed by atoms with van der Waals surface area (Å²) in [4.78, 5) is 11.3. The lowest BCUT2D eigenvalue weighted by Crippen LogP contribution is -2.06. The van der Waals surface area contributed by atoms with Crippen molar-refractivity contribution >= 4 is 27.4 Å². The molecule has 0 spiro atoms. The van der Waals surface area contributed by atoms with Gasteiger partial charge in [0.2, 0.25) is 0 Å². The number of nitrogen functional groups attached to an aromatic ring is 1. The lowest BCUT2D eigenvalue weighted by atomic mass is 10.0. The van der Waals surface area contributed by atoms with Crippen LogP contribution in [0.1, 0.15) is 15.9 Å². The zero-order chi connectivity index (χ0) is 10.0. The van der Waals surface area contributed by atoms with Crippen LogP contribution in [0.25, 0.3) is 0 Å². The molecule has 0 unspecified atom stereocenters. The van der Waals surface area contributed by atoms with E-state index in [0.29, 0.717) is 16.8 Å². The molecule has 0 heterocycles. The number of benzene rings is 1. The van der Waals surface area contributed by atoms with Gasteiger partial charge in [0.05, 0.1) is 5.33 Å². The Hall–Kier alpha value is -0.900. The molecule has 0 fully saturated rings. The van der Waals surface area contributed by atoms with E-state index >= 15 is 0 Å². The van der Waals surface area contributed by atoms with Gasteiger partial charge in [-0.25, -0.2) is 4.39 Å². The Labute approximate surface area is 84.1 Å². The molecule has 0 bridgehead atoms. The predicted molar refractivity (Wildman–Crippen MR) is 53.7 cm³/mol. The molecular formula is C9H9BrFNO. The maximum absolute atomic E-state index is 12.9. The number of carbonyl (C=O) groups is 1. The predicted octanol–water partition coefficient (Wildman–Crippen LogP) is 2.29. The normalized spacial score (nSPS) is 10.1. The fourth-order valence-electron chi connectivity index (χ4n) is 1.06. The molecule has 1 aromatic carbocycles. The lowest BCUT2D eigenvalue weighted by molar-refractivity contribution is 0.102. The lowest BCUT2D eigenvalue weighted by Gasteiger charge is -2.05. The average Bonchev–Trinajstić information content (AvgIpc) is 2.10. The molecule has 0 radical (unpaired) electrons. The van der Waals surface area contributed by atoms with E-state index in [4.69, 9.17) is 5.73 Å². The summed E-state index contributed by atoms with van der Waals surface area (Å²) in [6.07, 6.45) is 0. The molecule has 0 aliphatic heterocycles. The van der Waals surface area contributed by atoms with Crippen molar-refractivity contribution in [3.63, 3.8) is 0 Å². The first-order valence-corrected chi connectivity index (χ1v) is 4.83. The van der Waals surface area contributed by atoms with Gasteiger partial charge in [-0.05, 0) is 24.6 Å². The molecule has 0 saturated carbocycles. The third kappa shape index (κ3) is 2.06. The van der Waals surface area contributed by atoms with E-state index in [1.165, 1.54) is 12.1 Å². The van der Waals surface area contributed by atoms with Crippen molar-refractivity contribution < 1.29 is 9.18 Å². The second-order valence-corrected chi connectivity index (χ2v) is 3.29. The maximum atomic E-state index is 12.9. The number of anilines is 1. The molecule has 4 heteroatoms. The largest absolute Gasteiger partial charge is 0.398 e. The fraction of sp³-hybridized carbons (Fsp3) is 0.222. The Morgan fingerprint density at radius 1 is 1.62 bits per heavy atom. The number of alkyl halides is 1. The first-order chi connectivity index (χ1) is 6.06. The molecule has 1 rings (SSSR count). The van der Waals surface area contributed by atoms with Crippen LogP contribution in [-0.2, 0) is 0 Å². The standard InChI is InChI=1S/C9H9BrFNO/c1-5-7(9(13)4-10)2-6(11)3-8(5)12/h2-3H,4,12H2,1H3. The quantitative estimate of drug-likeness (QED) is 0.494. The van der Waals surface area contributed by atoms with E-state index in [1.54, 1.807) is 6.92 Å². The van der Waals surface area contributed by atoms with E-state index in [1.807, 2.05) is 0 Å². The molecule has 2 nitrogen and oxygen atoms in total. The van der Waals surface area contributed by atoms with Crippen molar-refractivity contribution in [3.8, 4) is 0 Å². The average molecular weight is 246 g/mol. The summed E-state index contributed by atoms with van der Waals surface area (Å²) in [5, 5.41) is 0.177. The van der Waals surface area contributed by atoms with Gasteiger partial charge in [0, 0.05) is 11.3 Å². The Balaban J connectivity index is 3.28. The van der Waals surface area contributed by atoms with Gasteiger partial charge in [0.25, 0.3) is 0 Å². The van der Waals surface area contributed by atoms with Crippen molar-refractivity contribution in [1.82, 2.24) is 0 Å². The summed E-state index contributed by atoms with van der Waals surface area (Å²) in [6, 6.07) is 2.41. The number of nitrogens with two attached hydrogens (primary N) is 1. The van der Waals surface area contributed by atoms with Crippen LogP contribution in [0.5, 0.6) is 0 Å². The molecule has 0 atom stereocenters. The van der Waals surface area contributed by atoms with Gasteiger partial charge in [0.1, 0.15) is 5.82 Å². The number of carbonyl (C=O) groups excluding carboxylic acids is 1. The van der Waals surface area contributed by atoms with Gasteiger partial charge in [-0.15, -0.1) is 0 Å². The molecule has 70 valence electrons. The van der Waals surface area contributed by atoms with Crippen LogP contribution in [0.4, 0.5) is 10.1 Å². The highest BCUT2D eigenvalue weighted by Crippen LogP contribution is 2.19. The minimum absolute atomic E-state index is 0.163. The van der Waals surface area contributed by atoms with Gasteiger partial charge in [-0.1, -0.05) is 15.9 Å². The topological polar surface area (TPSA) is 43.1 Å².